The monoisotopic (exact) mass is 234 g/mol. The fraction of sp³-hybridized carbons (Fsp3) is 0.333. The van der Waals surface area contributed by atoms with Crippen LogP contribution in [0.5, 0.6) is 0 Å². The van der Waals surface area contributed by atoms with Gasteiger partial charge < -0.3 is 15.4 Å². The van der Waals surface area contributed by atoms with E-state index < -0.39 is 12.1 Å². The van der Waals surface area contributed by atoms with Crippen molar-refractivity contribution in [3.8, 4) is 0 Å². The van der Waals surface area contributed by atoms with Crippen LogP contribution >= 0.6 is 0 Å². The highest BCUT2D eigenvalue weighted by Crippen LogP contribution is 2.04. The minimum Gasteiger partial charge on any atom is -0.457 e. The summed E-state index contributed by atoms with van der Waals surface area (Å²) in [4.78, 5) is 14.1. The highest BCUT2D eigenvalue weighted by Gasteiger charge is 2.30. The molecule has 1 aromatic rings. The molecule has 5 heteroatoms. The minimum atomic E-state index is -1.18. The Labute approximate surface area is 99.3 Å². The Hall–Kier alpha value is -1.97. The molecule has 0 saturated carbocycles. The van der Waals surface area contributed by atoms with Crippen LogP contribution in [0.15, 0.2) is 30.3 Å². The number of nitrogens with zero attached hydrogens (tertiary/aromatic N) is 2. The molecule has 0 aliphatic rings. The van der Waals surface area contributed by atoms with Crippen molar-refractivity contribution in [3.63, 3.8) is 0 Å². The van der Waals surface area contributed by atoms with Crippen LogP contribution in [-0.4, -0.2) is 34.3 Å². The molecule has 90 valence electrons. The van der Waals surface area contributed by atoms with E-state index in [0.717, 1.165) is 5.56 Å². The van der Waals surface area contributed by atoms with Gasteiger partial charge in [-0.15, -0.1) is 0 Å². The van der Waals surface area contributed by atoms with Gasteiger partial charge in [-0.2, -0.15) is 4.79 Å². The Morgan fingerprint density at radius 3 is 2.65 bits per heavy atom. The molecule has 0 aliphatic carbocycles. The Balaban J connectivity index is 2.72. The predicted octanol–water partition coefficient (Wildman–Crippen LogP) is 0.824. The molecule has 1 aromatic carbocycles. The molecule has 0 radical (unpaired) electrons. The van der Waals surface area contributed by atoms with E-state index in [1.165, 1.54) is 0 Å². The van der Waals surface area contributed by atoms with E-state index in [2.05, 4.69) is 9.53 Å². The van der Waals surface area contributed by atoms with Gasteiger partial charge in [0.15, 0.2) is 6.10 Å². The molecule has 1 N–H and O–H groups in total. The number of carbonyl (C=O) groups excluding carboxylic acids is 1. The van der Waals surface area contributed by atoms with Gasteiger partial charge in [-0.1, -0.05) is 30.3 Å². The van der Waals surface area contributed by atoms with Crippen molar-refractivity contribution in [1.82, 2.24) is 0 Å². The fourth-order valence-corrected chi connectivity index (χ4v) is 1.38. The largest absolute Gasteiger partial charge is 0.457 e. The number of aliphatic hydroxyl groups excluding tert-OH is 1. The maximum absolute atomic E-state index is 11.3. The van der Waals surface area contributed by atoms with Crippen molar-refractivity contribution >= 4 is 11.7 Å². The van der Waals surface area contributed by atoms with Crippen LogP contribution in [0.25, 0.3) is 5.53 Å². The topological polar surface area (TPSA) is 82.9 Å². The summed E-state index contributed by atoms with van der Waals surface area (Å²) >= 11 is 0. The zero-order chi connectivity index (χ0) is 12.7. The summed E-state index contributed by atoms with van der Waals surface area (Å²) in [5.74, 6) is -0.807. The summed E-state index contributed by atoms with van der Waals surface area (Å²) in [5.41, 5.74) is 9.16. The van der Waals surface area contributed by atoms with E-state index in [-0.39, 0.29) is 18.7 Å². The second-order valence-corrected chi connectivity index (χ2v) is 3.41. The van der Waals surface area contributed by atoms with Crippen LogP contribution in [0.2, 0.25) is 0 Å². The molecule has 0 spiro atoms. The van der Waals surface area contributed by atoms with Crippen molar-refractivity contribution < 1.29 is 19.4 Å². The lowest BCUT2D eigenvalue weighted by Crippen LogP contribution is -2.32. The first kappa shape index (κ1) is 13.1. The zero-order valence-electron chi connectivity index (χ0n) is 9.54. The second-order valence-electron chi connectivity index (χ2n) is 3.41. The fourth-order valence-electron chi connectivity index (χ4n) is 1.38. The van der Waals surface area contributed by atoms with E-state index in [9.17, 15) is 9.90 Å². The van der Waals surface area contributed by atoms with Crippen LogP contribution in [0.4, 0.5) is 0 Å². The number of aliphatic hydroxyl groups is 1. The van der Waals surface area contributed by atoms with Crippen molar-refractivity contribution in [1.29, 1.82) is 0 Å². The van der Waals surface area contributed by atoms with Crippen molar-refractivity contribution in [2.45, 2.75) is 19.4 Å². The molecule has 5 nitrogen and oxygen atoms in total. The number of ether oxygens (including phenoxy) is 1. The summed E-state index contributed by atoms with van der Waals surface area (Å²) in [6.45, 7) is 1.80. The van der Waals surface area contributed by atoms with Crippen LogP contribution in [0, 0.1) is 0 Å². The minimum absolute atomic E-state index is 0.163. The smallest absolute Gasteiger partial charge is 0.419 e. The Kier molecular flexibility index (Phi) is 5.07. The van der Waals surface area contributed by atoms with Crippen molar-refractivity contribution in [2.75, 3.05) is 6.61 Å². The van der Waals surface area contributed by atoms with Gasteiger partial charge in [0.25, 0.3) is 0 Å². The summed E-state index contributed by atoms with van der Waals surface area (Å²) < 4.78 is 4.66. The predicted molar refractivity (Wildman–Crippen MR) is 61.4 cm³/mol. The molecule has 0 bridgehead atoms. The number of rotatable bonds is 5. The summed E-state index contributed by atoms with van der Waals surface area (Å²) in [7, 11) is 0. The van der Waals surface area contributed by atoms with Crippen LogP contribution in [0.3, 0.4) is 0 Å². The molecule has 0 saturated heterocycles. The van der Waals surface area contributed by atoms with E-state index >= 15 is 0 Å². The third kappa shape index (κ3) is 3.83. The standard InChI is InChI=1S/C12H14N2O3/c1-2-17-12(16)11(14-13)10(15)8-9-6-4-3-5-7-9/h3-7,10,15H,2,8H2,1H3. The molecule has 1 unspecified atom stereocenters. The number of hydrogen-bond acceptors (Lipinski definition) is 3. The first-order valence-electron chi connectivity index (χ1n) is 5.30. The van der Waals surface area contributed by atoms with Crippen molar-refractivity contribution in [2.24, 2.45) is 0 Å². The van der Waals surface area contributed by atoms with E-state index in [1.807, 2.05) is 30.3 Å². The maximum atomic E-state index is 11.3. The van der Waals surface area contributed by atoms with Crippen LogP contribution in [0.1, 0.15) is 12.5 Å². The van der Waals surface area contributed by atoms with Gasteiger partial charge in [-0.05, 0) is 12.5 Å². The van der Waals surface area contributed by atoms with E-state index in [4.69, 9.17) is 5.53 Å². The third-order valence-electron chi connectivity index (χ3n) is 2.18. The maximum Gasteiger partial charge on any atom is 0.419 e. The first-order valence-corrected chi connectivity index (χ1v) is 5.30. The lowest BCUT2D eigenvalue weighted by Gasteiger charge is -2.05. The highest BCUT2D eigenvalue weighted by molar-refractivity contribution is 6.35. The van der Waals surface area contributed by atoms with E-state index in [0.29, 0.717) is 0 Å². The van der Waals surface area contributed by atoms with Crippen LogP contribution in [-0.2, 0) is 16.0 Å². The molecule has 0 heterocycles. The SMILES string of the molecule is CCOC(=O)C(=[N+]=[N-])C(O)Cc1ccccc1. The number of benzene rings is 1. The van der Waals surface area contributed by atoms with E-state index in [1.54, 1.807) is 6.92 Å². The van der Waals surface area contributed by atoms with Gasteiger partial charge in [0.05, 0.1) is 6.61 Å². The number of carbonyl (C=O) groups is 1. The van der Waals surface area contributed by atoms with Crippen LogP contribution < -0.4 is 0 Å². The molecule has 1 atom stereocenters. The first-order chi connectivity index (χ1) is 8.19. The number of hydrogen-bond donors (Lipinski definition) is 1. The quantitative estimate of drug-likeness (QED) is 0.354. The molecule has 0 amide bonds. The summed E-state index contributed by atoms with van der Waals surface area (Å²) in [6, 6.07) is 9.11. The lowest BCUT2D eigenvalue weighted by atomic mass is 10.0. The van der Waals surface area contributed by atoms with Gasteiger partial charge in [-0.25, -0.2) is 4.79 Å². The Morgan fingerprint density at radius 2 is 2.12 bits per heavy atom. The van der Waals surface area contributed by atoms with Crippen molar-refractivity contribution in [3.05, 3.63) is 41.4 Å². The average molecular weight is 234 g/mol. The molecule has 0 aliphatic heterocycles. The normalized spacial score (nSPS) is 11.4. The van der Waals surface area contributed by atoms with Gasteiger partial charge in [0, 0.05) is 6.42 Å². The Bertz CT molecular complexity index is 425. The average Bonchev–Trinajstić information content (AvgIpc) is 2.31. The van der Waals surface area contributed by atoms with Gasteiger partial charge in [0.2, 0.25) is 0 Å². The molecule has 17 heavy (non-hydrogen) atoms. The lowest BCUT2D eigenvalue weighted by molar-refractivity contribution is -0.141. The second kappa shape index (κ2) is 6.58. The Morgan fingerprint density at radius 1 is 1.47 bits per heavy atom. The molecule has 0 fully saturated rings. The van der Waals surface area contributed by atoms with Gasteiger partial charge in [0.1, 0.15) is 0 Å². The summed E-state index contributed by atoms with van der Waals surface area (Å²) in [5, 5.41) is 9.77. The molecule has 0 aromatic heterocycles. The third-order valence-corrected chi connectivity index (χ3v) is 2.18. The van der Waals surface area contributed by atoms with Gasteiger partial charge in [-0.3, -0.25) is 0 Å². The molecular weight excluding hydrogens is 220 g/mol. The highest BCUT2D eigenvalue weighted by atomic mass is 16.5. The molecule has 1 rings (SSSR count). The number of esters is 1. The summed E-state index contributed by atoms with van der Waals surface area (Å²) in [6.07, 6.45) is -0.986. The zero-order valence-corrected chi connectivity index (χ0v) is 9.54. The van der Waals surface area contributed by atoms with Gasteiger partial charge >= 0.3 is 11.7 Å². The molecular formula is C12H14N2O3.